The minimum atomic E-state index is -1.09. The van der Waals surface area contributed by atoms with Gasteiger partial charge in [-0.3, -0.25) is 0 Å². The first-order chi connectivity index (χ1) is 11.2. The Morgan fingerprint density at radius 1 is 1.12 bits per heavy atom. The molecule has 2 rings (SSSR count). The van der Waals surface area contributed by atoms with Crippen LogP contribution in [0.15, 0.2) is 36.4 Å². The van der Waals surface area contributed by atoms with Gasteiger partial charge in [-0.25, -0.2) is 14.5 Å². The van der Waals surface area contributed by atoms with Crippen molar-refractivity contribution in [2.45, 2.75) is 33.3 Å². The molecular weight excluding hydrogens is 310 g/mol. The number of rotatable bonds is 3. The molecule has 24 heavy (non-hydrogen) atoms. The van der Waals surface area contributed by atoms with Crippen molar-refractivity contribution in [3.63, 3.8) is 0 Å². The van der Waals surface area contributed by atoms with E-state index >= 15 is 0 Å². The number of aromatic nitrogens is 2. The number of benzene rings is 1. The zero-order chi connectivity index (χ0) is 17.9. The number of carbonyl (C=O) groups excluding carboxylic acids is 1. The monoisotopic (exact) mass is 329 g/mol. The number of carboxylic acids is 1. The van der Waals surface area contributed by atoms with Gasteiger partial charge in [0.1, 0.15) is 5.60 Å². The first-order valence-electron chi connectivity index (χ1n) is 7.34. The fraction of sp³-hybridized carbons (Fsp3) is 0.294. The normalized spacial score (nSPS) is 11.0. The maximum atomic E-state index is 12.6. The van der Waals surface area contributed by atoms with Crippen molar-refractivity contribution in [2.24, 2.45) is 0 Å². The van der Waals surface area contributed by atoms with Crippen LogP contribution in [-0.4, -0.2) is 33.0 Å². The molecule has 0 fully saturated rings. The molecule has 0 atom stereocenters. The molecule has 0 aliphatic rings. The first kappa shape index (κ1) is 17.4. The Morgan fingerprint density at radius 3 is 2.38 bits per heavy atom. The third kappa shape index (κ3) is 4.28. The Hall–Kier alpha value is -2.96. The van der Waals surface area contributed by atoms with Gasteiger partial charge in [0.05, 0.1) is 16.9 Å². The lowest BCUT2D eigenvalue weighted by molar-refractivity contribution is 0.0595. The molecule has 0 bridgehead atoms. The molecule has 0 radical (unpaired) electrons. The third-order valence-electron chi connectivity index (χ3n) is 2.94. The van der Waals surface area contributed by atoms with E-state index in [1.54, 1.807) is 52.0 Å². The van der Waals surface area contributed by atoms with Gasteiger partial charge in [-0.05, 0) is 58.0 Å². The summed E-state index contributed by atoms with van der Waals surface area (Å²) in [7, 11) is 0. The SMILES string of the molecule is Cc1ccc(N(C(=O)OC(C)(C)C)c2cccc(C(=O)O)c2)nn1. The van der Waals surface area contributed by atoms with Crippen molar-refractivity contribution in [1.82, 2.24) is 10.2 Å². The summed E-state index contributed by atoms with van der Waals surface area (Å²) in [5.41, 5.74) is 0.378. The summed E-state index contributed by atoms with van der Waals surface area (Å²) < 4.78 is 5.41. The molecular formula is C17H19N3O4. The summed E-state index contributed by atoms with van der Waals surface area (Å²) in [6.45, 7) is 7.02. The minimum absolute atomic E-state index is 0.0566. The lowest BCUT2D eigenvalue weighted by Gasteiger charge is -2.26. The van der Waals surface area contributed by atoms with Crippen molar-refractivity contribution in [1.29, 1.82) is 0 Å². The van der Waals surface area contributed by atoms with Crippen molar-refractivity contribution in [2.75, 3.05) is 4.90 Å². The van der Waals surface area contributed by atoms with Crippen LogP contribution in [0, 0.1) is 6.92 Å². The van der Waals surface area contributed by atoms with Crippen molar-refractivity contribution in [3.8, 4) is 0 Å². The van der Waals surface area contributed by atoms with Crippen LogP contribution in [0.2, 0.25) is 0 Å². The molecule has 126 valence electrons. The zero-order valence-electron chi connectivity index (χ0n) is 14.0. The number of ether oxygens (including phenoxy) is 1. The van der Waals surface area contributed by atoms with Gasteiger partial charge in [0.15, 0.2) is 5.82 Å². The summed E-state index contributed by atoms with van der Waals surface area (Å²) in [6, 6.07) is 9.32. The van der Waals surface area contributed by atoms with E-state index in [2.05, 4.69) is 10.2 Å². The topological polar surface area (TPSA) is 92.6 Å². The predicted molar refractivity (Wildman–Crippen MR) is 88.5 cm³/mol. The van der Waals surface area contributed by atoms with Gasteiger partial charge in [-0.1, -0.05) is 6.07 Å². The quantitative estimate of drug-likeness (QED) is 0.925. The van der Waals surface area contributed by atoms with Crippen molar-refractivity contribution >= 4 is 23.6 Å². The summed E-state index contributed by atoms with van der Waals surface area (Å²) in [5.74, 6) is -0.839. The van der Waals surface area contributed by atoms with E-state index in [1.807, 2.05) is 0 Å². The van der Waals surface area contributed by atoms with Crippen LogP contribution >= 0.6 is 0 Å². The van der Waals surface area contributed by atoms with Gasteiger partial charge < -0.3 is 9.84 Å². The van der Waals surface area contributed by atoms with E-state index < -0.39 is 17.7 Å². The lowest BCUT2D eigenvalue weighted by Crippen LogP contribution is -2.34. The number of hydrogen-bond acceptors (Lipinski definition) is 5. The number of anilines is 2. The summed E-state index contributed by atoms with van der Waals surface area (Å²) in [4.78, 5) is 25.0. The molecule has 0 unspecified atom stereocenters. The Bertz CT molecular complexity index is 751. The number of aromatic carboxylic acids is 1. The lowest BCUT2D eigenvalue weighted by atomic mass is 10.2. The fourth-order valence-corrected chi connectivity index (χ4v) is 1.93. The van der Waals surface area contributed by atoms with Gasteiger partial charge in [0.2, 0.25) is 0 Å². The Morgan fingerprint density at radius 2 is 1.83 bits per heavy atom. The Balaban J connectivity index is 2.50. The van der Waals surface area contributed by atoms with Crippen LogP contribution in [0.25, 0.3) is 0 Å². The molecule has 2 aromatic rings. The average molecular weight is 329 g/mol. The van der Waals surface area contributed by atoms with Crippen molar-refractivity contribution in [3.05, 3.63) is 47.7 Å². The molecule has 0 aliphatic heterocycles. The number of aryl methyl sites for hydroxylation is 1. The highest BCUT2D eigenvalue weighted by molar-refractivity contribution is 5.97. The number of carbonyl (C=O) groups is 2. The van der Waals surface area contributed by atoms with Gasteiger partial charge in [-0.2, -0.15) is 5.10 Å². The summed E-state index contributed by atoms with van der Waals surface area (Å²) >= 11 is 0. The maximum Gasteiger partial charge on any atom is 0.420 e. The van der Waals surface area contributed by atoms with E-state index in [0.29, 0.717) is 11.4 Å². The number of carboxylic acid groups (broad SMARTS) is 1. The molecule has 1 N–H and O–H groups in total. The zero-order valence-corrected chi connectivity index (χ0v) is 14.0. The van der Waals surface area contributed by atoms with Gasteiger partial charge in [-0.15, -0.1) is 5.10 Å². The van der Waals surface area contributed by atoms with E-state index in [9.17, 15) is 9.59 Å². The Labute approximate surface area is 139 Å². The molecule has 1 aromatic heterocycles. The van der Waals surface area contributed by atoms with Gasteiger partial charge >= 0.3 is 12.1 Å². The smallest absolute Gasteiger partial charge is 0.420 e. The first-order valence-corrected chi connectivity index (χ1v) is 7.34. The number of hydrogen-bond donors (Lipinski definition) is 1. The van der Waals surface area contributed by atoms with Crippen LogP contribution in [0.3, 0.4) is 0 Å². The molecule has 1 heterocycles. The summed E-state index contributed by atoms with van der Waals surface area (Å²) in [5, 5.41) is 17.1. The number of nitrogens with zero attached hydrogens (tertiary/aromatic N) is 3. The van der Waals surface area contributed by atoms with Crippen LogP contribution in [0.5, 0.6) is 0 Å². The summed E-state index contributed by atoms with van der Waals surface area (Å²) in [6.07, 6.45) is -0.664. The van der Waals surface area contributed by atoms with Crippen LogP contribution in [-0.2, 0) is 4.74 Å². The second-order valence-electron chi connectivity index (χ2n) is 6.20. The van der Waals surface area contributed by atoms with Gasteiger partial charge in [0.25, 0.3) is 0 Å². The second-order valence-corrected chi connectivity index (χ2v) is 6.20. The van der Waals surface area contributed by atoms with E-state index in [-0.39, 0.29) is 11.4 Å². The Kier molecular flexibility index (Phi) is 4.82. The molecule has 0 saturated carbocycles. The molecule has 0 aliphatic carbocycles. The highest BCUT2D eigenvalue weighted by Gasteiger charge is 2.26. The second kappa shape index (κ2) is 6.66. The van der Waals surface area contributed by atoms with Crippen molar-refractivity contribution < 1.29 is 19.4 Å². The fourth-order valence-electron chi connectivity index (χ4n) is 1.93. The molecule has 7 heteroatoms. The largest absolute Gasteiger partial charge is 0.478 e. The third-order valence-corrected chi connectivity index (χ3v) is 2.94. The van der Waals surface area contributed by atoms with Crippen LogP contribution in [0.4, 0.5) is 16.3 Å². The minimum Gasteiger partial charge on any atom is -0.478 e. The average Bonchev–Trinajstić information content (AvgIpc) is 2.48. The highest BCUT2D eigenvalue weighted by atomic mass is 16.6. The highest BCUT2D eigenvalue weighted by Crippen LogP contribution is 2.26. The standard InChI is InChI=1S/C17H19N3O4/c1-11-8-9-14(19-18-11)20(16(23)24-17(2,3)4)13-7-5-6-12(10-13)15(21)22/h5-10H,1-4H3,(H,21,22). The van der Waals surface area contributed by atoms with E-state index in [1.165, 1.54) is 17.0 Å². The molecule has 1 amide bonds. The maximum absolute atomic E-state index is 12.6. The van der Waals surface area contributed by atoms with Gasteiger partial charge in [0, 0.05) is 0 Å². The molecule has 7 nitrogen and oxygen atoms in total. The molecule has 0 saturated heterocycles. The predicted octanol–water partition coefficient (Wildman–Crippen LogP) is 3.56. The number of amides is 1. The van der Waals surface area contributed by atoms with E-state index in [4.69, 9.17) is 9.84 Å². The van der Waals surface area contributed by atoms with Crippen LogP contribution in [0.1, 0.15) is 36.8 Å². The molecule has 1 aromatic carbocycles. The van der Waals surface area contributed by atoms with E-state index in [0.717, 1.165) is 0 Å². The molecule has 0 spiro atoms. The van der Waals surface area contributed by atoms with Crippen LogP contribution < -0.4 is 4.90 Å².